The van der Waals surface area contributed by atoms with E-state index >= 15 is 0 Å². The highest BCUT2D eigenvalue weighted by Gasteiger charge is 2.38. The van der Waals surface area contributed by atoms with Crippen LogP contribution in [0.2, 0.25) is 0 Å². The van der Waals surface area contributed by atoms with E-state index in [1.165, 1.54) is 15.3 Å². The summed E-state index contributed by atoms with van der Waals surface area (Å²) in [5, 5.41) is 12.6. The summed E-state index contributed by atoms with van der Waals surface area (Å²) in [4.78, 5) is 14.3. The lowest BCUT2D eigenvalue weighted by molar-refractivity contribution is 0.0830. The predicted octanol–water partition coefficient (Wildman–Crippen LogP) is 3.65. The van der Waals surface area contributed by atoms with Gasteiger partial charge < -0.3 is 20.1 Å². The first-order chi connectivity index (χ1) is 16.2. The number of allylic oxidation sites excluding steroid dienone is 1. The van der Waals surface area contributed by atoms with Gasteiger partial charge in [-0.2, -0.15) is 4.31 Å². The average Bonchev–Trinajstić information content (AvgIpc) is 2.81. The Morgan fingerprint density at radius 2 is 2.00 bits per heavy atom. The number of nitrogens with one attached hydrogen (secondary N) is 1. The topological polar surface area (TPSA) is 99.2 Å². The minimum Gasteiger partial charge on any atom is -0.487 e. The van der Waals surface area contributed by atoms with E-state index < -0.39 is 22.2 Å². The number of sulfonamides is 1. The van der Waals surface area contributed by atoms with Crippen molar-refractivity contribution in [3.8, 4) is 5.75 Å². The van der Waals surface area contributed by atoms with E-state index in [2.05, 4.69) is 5.32 Å². The normalized spacial score (nSPS) is 21.1. The molecular formula is C25H33N3O5S. The van der Waals surface area contributed by atoms with Crippen LogP contribution < -0.4 is 10.1 Å². The first kappa shape index (κ1) is 25.7. The lowest BCUT2D eigenvalue weighted by atomic mass is 10.0. The molecule has 34 heavy (non-hydrogen) atoms. The van der Waals surface area contributed by atoms with Crippen molar-refractivity contribution in [2.45, 2.75) is 37.8 Å². The summed E-state index contributed by atoms with van der Waals surface area (Å²) < 4.78 is 34.6. The average molecular weight is 488 g/mol. The molecule has 2 aromatic carbocycles. The molecule has 0 saturated carbocycles. The van der Waals surface area contributed by atoms with Crippen molar-refractivity contribution < 1.29 is 23.1 Å². The Bertz CT molecular complexity index is 1120. The number of fused-ring (bicyclic) bond motifs is 1. The second kappa shape index (κ2) is 11.0. The van der Waals surface area contributed by atoms with Crippen molar-refractivity contribution in [2.75, 3.05) is 32.1 Å². The molecule has 0 spiro atoms. The molecule has 3 rings (SSSR count). The van der Waals surface area contributed by atoms with Gasteiger partial charge in [0, 0.05) is 31.2 Å². The Balaban J connectivity index is 1.94. The zero-order valence-electron chi connectivity index (χ0n) is 20.0. The number of amides is 2. The van der Waals surface area contributed by atoms with Crippen molar-refractivity contribution in [3.63, 3.8) is 0 Å². The van der Waals surface area contributed by atoms with Gasteiger partial charge in [0.1, 0.15) is 16.7 Å². The van der Waals surface area contributed by atoms with Gasteiger partial charge in [0.25, 0.3) is 0 Å². The second-order valence-electron chi connectivity index (χ2n) is 8.62. The number of hydrogen-bond acceptors (Lipinski definition) is 5. The summed E-state index contributed by atoms with van der Waals surface area (Å²) in [6.45, 7) is 5.54. The summed E-state index contributed by atoms with van der Waals surface area (Å²) in [5.41, 5.74) is 1.49. The third-order valence-corrected chi connectivity index (χ3v) is 7.90. The van der Waals surface area contributed by atoms with Gasteiger partial charge in [0.15, 0.2) is 0 Å². The van der Waals surface area contributed by atoms with Crippen LogP contribution in [0.1, 0.15) is 26.3 Å². The minimum atomic E-state index is -3.90. The third-order valence-electron chi connectivity index (χ3n) is 5.88. The molecule has 0 aromatic heterocycles. The van der Waals surface area contributed by atoms with E-state index in [9.17, 15) is 18.3 Å². The maximum Gasteiger partial charge on any atom is 0.321 e. The smallest absolute Gasteiger partial charge is 0.321 e. The van der Waals surface area contributed by atoms with Crippen molar-refractivity contribution in [3.05, 3.63) is 60.2 Å². The first-order valence-electron chi connectivity index (χ1n) is 11.3. The summed E-state index contributed by atoms with van der Waals surface area (Å²) in [6, 6.07) is 13.2. The van der Waals surface area contributed by atoms with Crippen molar-refractivity contribution in [2.24, 2.45) is 5.92 Å². The number of anilines is 1. The van der Waals surface area contributed by atoms with Gasteiger partial charge in [0.05, 0.1) is 13.2 Å². The zero-order valence-corrected chi connectivity index (χ0v) is 20.8. The summed E-state index contributed by atoms with van der Waals surface area (Å²) in [6.07, 6.45) is 3.25. The molecule has 3 atom stereocenters. The maximum atomic E-state index is 13.5. The highest BCUT2D eigenvalue weighted by atomic mass is 32.2. The molecule has 1 heterocycles. The number of likely N-dealkylation sites (N-methyl/N-ethyl adjacent to an activating group) is 1. The molecule has 9 heteroatoms. The Hall–Kier alpha value is -2.88. The number of aliphatic hydroxyl groups excluding tert-OH is 1. The SMILES string of the molecule is C/C=C/c1ccc2c(c1)O[C@@H](CN(C)C(=O)Nc1ccccc1)[C@H](C)CN([C@H](C)CO)S2(=O)=O. The molecule has 184 valence electrons. The number of para-hydroxylation sites is 1. The van der Waals surface area contributed by atoms with E-state index in [0.717, 1.165) is 5.56 Å². The molecule has 0 aliphatic carbocycles. The lowest BCUT2D eigenvalue weighted by Crippen LogP contribution is -2.50. The van der Waals surface area contributed by atoms with Gasteiger partial charge in [-0.05, 0) is 43.7 Å². The number of nitrogens with zero attached hydrogens (tertiary/aromatic N) is 2. The number of benzene rings is 2. The number of urea groups is 1. The number of carbonyl (C=O) groups excluding carboxylic acids is 1. The Kier molecular flexibility index (Phi) is 8.35. The Morgan fingerprint density at radius 1 is 1.29 bits per heavy atom. The molecule has 0 bridgehead atoms. The van der Waals surface area contributed by atoms with Crippen molar-refractivity contribution >= 4 is 27.8 Å². The molecule has 1 aliphatic rings. The van der Waals surface area contributed by atoms with Crippen LogP contribution in [0.15, 0.2) is 59.5 Å². The number of hydrogen-bond donors (Lipinski definition) is 2. The largest absolute Gasteiger partial charge is 0.487 e. The van der Waals surface area contributed by atoms with Crippen LogP contribution in [0.4, 0.5) is 10.5 Å². The molecule has 2 aromatic rings. The maximum absolute atomic E-state index is 13.5. The summed E-state index contributed by atoms with van der Waals surface area (Å²) in [5.74, 6) is -0.0200. The molecule has 2 amide bonds. The minimum absolute atomic E-state index is 0.0503. The molecular weight excluding hydrogens is 454 g/mol. The van der Waals surface area contributed by atoms with Crippen LogP contribution >= 0.6 is 0 Å². The molecule has 0 saturated heterocycles. The van der Waals surface area contributed by atoms with Gasteiger partial charge in [-0.3, -0.25) is 0 Å². The van der Waals surface area contributed by atoms with E-state index in [4.69, 9.17) is 4.74 Å². The lowest BCUT2D eigenvalue weighted by Gasteiger charge is -2.37. The van der Waals surface area contributed by atoms with Crippen LogP contribution in [0.3, 0.4) is 0 Å². The molecule has 2 N–H and O–H groups in total. The first-order valence-corrected chi connectivity index (χ1v) is 12.7. The molecule has 1 aliphatic heterocycles. The quantitative estimate of drug-likeness (QED) is 0.648. The molecule has 0 radical (unpaired) electrons. The fourth-order valence-corrected chi connectivity index (χ4v) is 5.68. The monoisotopic (exact) mass is 487 g/mol. The fourth-order valence-electron chi connectivity index (χ4n) is 3.85. The van der Waals surface area contributed by atoms with Crippen molar-refractivity contribution in [1.29, 1.82) is 0 Å². The van der Waals surface area contributed by atoms with Crippen LogP contribution in [0.25, 0.3) is 6.08 Å². The van der Waals surface area contributed by atoms with Gasteiger partial charge in [0.2, 0.25) is 10.0 Å². The third kappa shape index (κ3) is 5.78. The van der Waals surface area contributed by atoms with Crippen molar-refractivity contribution in [1.82, 2.24) is 9.21 Å². The van der Waals surface area contributed by atoms with E-state index in [1.807, 2.05) is 44.2 Å². The number of ether oxygens (including phenoxy) is 1. The van der Waals surface area contributed by atoms with E-state index in [0.29, 0.717) is 5.69 Å². The Labute approximate surface area is 201 Å². The van der Waals surface area contributed by atoms with Gasteiger partial charge >= 0.3 is 6.03 Å². The van der Waals surface area contributed by atoms with E-state index in [-0.39, 0.29) is 42.3 Å². The summed E-state index contributed by atoms with van der Waals surface area (Å²) in [7, 11) is -2.22. The van der Waals surface area contributed by atoms with E-state index in [1.54, 1.807) is 38.2 Å². The standard InChI is InChI=1S/C25H33N3O5S/c1-5-9-20-12-13-24-22(14-20)33-23(18(2)15-28(19(3)17-29)34(24,31)32)16-27(4)25(30)26-21-10-7-6-8-11-21/h5-14,18-19,23,29H,15-17H2,1-4H3,(H,26,30)/b9-5+/t18-,19-,23+/m1/s1. The predicted molar refractivity (Wildman–Crippen MR) is 133 cm³/mol. The highest BCUT2D eigenvalue weighted by Crippen LogP contribution is 2.34. The van der Waals surface area contributed by atoms with Gasteiger partial charge in [-0.25, -0.2) is 13.2 Å². The fraction of sp³-hybridized carbons (Fsp3) is 0.400. The molecule has 0 unspecified atom stereocenters. The number of rotatable bonds is 6. The highest BCUT2D eigenvalue weighted by molar-refractivity contribution is 7.89. The van der Waals surface area contributed by atoms with Crippen LogP contribution in [-0.4, -0.2) is 67.7 Å². The van der Waals surface area contributed by atoms with Crippen LogP contribution in [-0.2, 0) is 10.0 Å². The van der Waals surface area contributed by atoms with Crippen LogP contribution in [0.5, 0.6) is 5.75 Å². The van der Waals surface area contributed by atoms with Gasteiger partial charge in [-0.15, -0.1) is 0 Å². The number of aliphatic hydroxyl groups is 1. The number of carbonyl (C=O) groups is 1. The van der Waals surface area contributed by atoms with Crippen LogP contribution in [0, 0.1) is 5.92 Å². The van der Waals surface area contributed by atoms with Gasteiger partial charge in [-0.1, -0.05) is 43.3 Å². The Morgan fingerprint density at radius 3 is 2.65 bits per heavy atom. The second-order valence-corrected chi connectivity index (χ2v) is 10.5. The molecule has 0 fully saturated rings. The zero-order chi connectivity index (χ0) is 24.9. The molecule has 8 nitrogen and oxygen atoms in total. The summed E-state index contributed by atoms with van der Waals surface area (Å²) >= 11 is 0.